The number of hydrogen-bond donors (Lipinski definition) is 1. The second kappa shape index (κ2) is 9.33. The van der Waals surface area contributed by atoms with E-state index < -0.39 is 0 Å². The minimum absolute atomic E-state index is 0.0192. The van der Waals surface area contributed by atoms with Crippen molar-refractivity contribution in [3.63, 3.8) is 0 Å². The van der Waals surface area contributed by atoms with Gasteiger partial charge in [0, 0.05) is 36.2 Å². The lowest BCUT2D eigenvalue weighted by molar-refractivity contribution is 0.0706. The Bertz CT molecular complexity index is 888. The van der Waals surface area contributed by atoms with Gasteiger partial charge in [0.1, 0.15) is 5.75 Å². The molecule has 158 valence electrons. The van der Waals surface area contributed by atoms with Gasteiger partial charge in [-0.05, 0) is 67.6 Å². The van der Waals surface area contributed by atoms with Crippen LogP contribution in [-0.4, -0.2) is 43.0 Å². The van der Waals surface area contributed by atoms with Crippen molar-refractivity contribution in [2.75, 3.05) is 20.2 Å². The van der Waals surface area contributed by atoms with Crippen LogP contribution in [0, 0.1) is 0 Å². The number of carbonyl (C=O) groups is 2. The van der Waals surface area contributed by atoms with Crippen molar-refractivity contribution < 1.29 is 14.3 Å². The molecule has 1 aliphatic carbocycles. The maximum atomic E-state index is 13.0. The van der Waals surface area contributed by atoms with Gasteiger partial charge in [0.15, 0.2) is 0 Å². The highest BCUT2D eigenvalue weighted by Gasteiger charge is 2.26. The van der Waals surface area contributed by atoms with Crippen LogP contribution in [-0.2, 0) is 0 Å². The summed E-state index contributed by atoms with van der Waals surface area (Å²) in [6.07, 6.45) is 6.55. The van der Waals surface area contributed by atoms with E-state index in [-0.39, 0.29) is 17.7 Å². The van der Waals surface area contributed by atoms with E-state index in [1.807, 2.05) is 47.4 Å². The third-order valence-corrected chi connectivity index (χ3v) is 6.36. The molecule has 30 heavy (non-hydrogen) atoms. The summed E-state index contributed by atoms with van der Waals surface area (Å²) in [5, 5.41) is 3.17. The fraction of sp³-hybridized carbons (Fsp3) is 0.440. The Labute approximate surface area is 178 Å². The van der Waals surface area contributed by atoms with E-state index >= 15 is 0 Å². The summed E-state index contributed by atoms with van der Waals surface area (Å²) < 4.78 is 5.18. The number of nitrogens with zero attached hydrogens (tertiary/aromatic N) is 1. The van der Waals surface area contributed by atoms with E-state index in [4.69, 9.17) is 4.74 Å². The number of benzene rings is 2. The van der Waals surface area contributed by atoms with Gasteiger partial charge in [0.25, 0.3) is 11.8 Å². The molecule has 0 unspecified atom stereocenters. The number of hydrogen-bond acceptors (Lipinski definition) is 3. The number of rotatable bonds is 5. The van der Waals surface area contributed by atoms with Gasteiger partial charge in [0.2, 0.25) is 0 Å². The largest absolute Gasteiger partial charge is 0.497 e. The molecule has 1 heterocycles. The molecule has 2 aliphatic rings. The molecule has 2 aromatic carbocycles. The number of carbonyl (C=O) groups excluding carboxylic acids is 2. The summed E-state index contributed by atoms with van der Waals surface area (Å²) in [6, 6.07) is 15.5. The monoisotopic (exact) mass is 406 g/mol. The Hall–Kier alpha value is -2.82. The van der Waals surface area contributed by atoms with Crippen LogP contribution in [0.5, 0.6) is 5.75 Å². The van der Waals surface area contributed by atoms with Crippen molar-refractivity contribution in [1.82, 2.24) is 10.2 Å². The number of piperidine rings is 1. The zero-order valence-electron chi connectivity index (χ0n) is 17.6. The van der Waals surface area contributed by atoms with Crippen LogP contribution in [0.2, 0.25) is 0 Å². The Balaban J connectivity index is 1.43. The van der Waals surface area contributed by atoms with Gasteiger partial charge in [-0.2, -0.15) is 0 Å². The van der Waals surface area contributed by atoms with Gasteiger partial charge < -0.3 is 15.0 Å². The average molecular weight is 407 g/mol. The van der Waals surface area contributed by atoms with E-state index in [1.54, 1.807) is 7.11 Å². The van der Waals surface area contributed by atoms with Crippen LogP contribution in [0.4, 0.5) is 0 Å². The average Bonchev–Trinajstić information content (AvgIpc) is 3.32. The lowest BCUT2D eigenvalue weighted by Gasteiger charge is -2.33. The molecule has 0 aromatic heterocycles. The molecule has 1 saturated carbocycles. The zero-order valence-corrected chi connectivity index (χ0v) is 17.6. The second-order valence-electron chi connectivity index (χ2n) is 8.40. The number of nitrogens with one attached hydrogen (secondary N) is 1. The lowest BCUT2D eigenvalue weighted by Crippen LogP contribution is -2.39. The molecular weight excluding hydrogens is 376 g/mol. The SMILES string of the molecule is COc1ccc(C(=O)N2CCC[C@@H](c3cccc(C(=O)NC4CCCC4)c3)C2)cc1. The van der Waals surface area contributed by atoms with Crippen molar-refractivity contribution in [1.29, 1.82) is 0 Å². The molecule has 2 fully saturated rings. The third-order valence-electron chi connectivity index (χ3n) is 6.36. The van der Waals surface area contributed by atoms with Gasteiger partial charge in [-0.15, -0.1) is 0 Å². The Morgan fingerprint density at radius 2 is 1.73 bits per heavy atom. The fourth-order valence-corrected chi connectivity index (χ4v) is 4.62. The fourth-order valence-electron chi connectivity index (χ4n) is 4.62. The molecule has 2 amide bonds. The minimum Gasteiger partial charge on any atom is -0.497 e. The highest BCUT2D eigenvalue weighted by molar-refractivity contribution is 5.95. The summed E-state index contributed by atoms with van der Waals surface area (Å²) in [7, 11) is 1.62. The van der Waals surface area contributed by atoms with E-state index in [2.05, 4.69) is 11.4 Å². The van der Waals surface area contributed by atoms with Crippen molar-refractivity contribution in [2.45, 2.75) is 50.5 Å². The van der Waals surface area contributed by atoms with E-state index in [0.717, 1.165) is 49.1 Å². The molecule has 2 aromatic rings. The van der Waals surface area contributed by atoms with Crippen molar-refractivity contribution in [2.24, 2.45) is 0 Å². The number of amides is 2. The van der Waals surface area contributed by atoms with Crippen LogP contribution >= 0.6 is 0 Å². The molecule has 0 spiro atoms. The maximum absolute atomic E-state index is 13.0. The standard InChI is InChI=1S/C25H30N2O3/c1-30-23-13-11-18(12-14-23)25(29)27-15-5-8-21(17-27)19-6-4-7-20(16-19)24(28)26-22-9-2-3-10-22/h4,6-7,11-14,16,21-22H,2-3,5,8-10,15,17H2,1H3,(H,26,28)/t21-/m1/s1. The second-order valence-corrected chi connectivity index (χ2v) is 8.40. The van der Waals surface area contributed by atoms with Crippen LogP contribution < -0.4 is 10.1 Å². The molecule has 4 rings (SSSR count). The normalized spacial score (nSPS) is 19.5. The Morgan fingerprint density at radius 3 is 2.47 bits per heavy atom. The molecular formula is C25H30N2O3. The van der Waals surface area contributed by atoms with Crippen molar-refractivity contribution >= 4 is 11.8 Å². The van der Waals surface area contributed by atoms with Gasteiger partial charge >= 0.3 is 0 Å². The number of methoxy groups -OCH3 is 1. The summed E-state index contributed by atoms with van der Waals surface area (Å²) in [4.78, 5) is 27.6. The third kappa shape index (κ3) is 4.66. The van der Waals surface area contributed by atoms with Gasteiger partial charge in [-0.1, -0.05) is 25.0 Å². The summed E-state index contributed by atoms with van der Waals surface area (Å²) >= 11 is 0. The smallest absolute Gasteiger partial charge is 0.253 e. The van der Waals surface area contributed by atoms with Crippen LogP contribution in [0.3, 0.4) is 0 Å². The highest BCUT2D eigenvalue weighted by Crippen LogP contribution is 2.29. The maximum Gasteiger partial charge on any atom is 0.253 e. The van der Waals surface area contributed by atoms with Crippen LogP contribution in [0.1, 0.15) is 70.7 Å². The molecule has 0 radical (unpaired) electrons. The first-order chi connectivity index (χ1) is 14.6. The molecule has 1 atom stereocenters. The van der Waals surface area contributed by atoms with Gasteiger partial charge in [0.05, 0.1) is 7.11 Å². The minimum atomic E-state index is 0.0192. The zero-order chi connectivity index (χ0) is 20.9. The number of ether oxygens (including phenoxy) is 1. The van der Waals surface area contributed by atoms with Gasteiger partial charge in [-0.3, -0.25) is 9.59 Å². The molecule has 5 nitrogen and oxygen atoms in total. The first kappa shape index (κ1) is 20.5. The predicted molar refractivity (Wildman–Crippen MR) is 117 cm³/mol. The lowest BCUT2D eigenvalue weighted by atomic mass is 9.89. The van der Waals surface area contributed by atoms with Crippen molar-refractivity contribution in [3.05, 3.63) is 65.2 Å². The summed E-state index contributed by atoms with van der Waals surface area (Å²) in [6.45, 7) is 1.45. The van der Waals surface area contributed by atoms with E-state index in [1.165, 1.54) is 12.8 Å². The molecule has 1 aliphatic heterocycles. The molecule has 1 saturated heterocycles. The molecule has 5 heteroatoms. The summed E-state index contributed by atoms with van der Waals surface area (Å²) in [5.41, 5.74) is 2.54. The molecule has 1 N–H and O–H groups in total. The van der Waals surface area contributed by atoms with Crippen molar-refractivity contribution in [3.8, 4) is 5.75 Å². The first-order valence-corrected chi connectivity index (χ1v) is 11.0. The number of likely N-dealkylation sites (tertiary alicyclic amines) is 1. The Morgan fingerprint density at radius 1 is 0.967 bits per heavy atom. The van der Waals surface area contributed by atoms with Crippen LogP contribution in [0.15, 0.2) is 48.5 Å². The predicted octanol–water partition coefficient (Wildman–Crippen LogP) is 4.39. The van der Waals surface area contributed by atoms with E-state index in [0.29, 0.717) is 18.2 Å². The molecule has 0 bridgehead atoms. The van der Waals surface area contributed by atoms with E-state index in [9.17, 15) is 9.59 Å². The Kier molecular flexibility index (Phi) is 6.36. The van der Waals surface area contributed by atoms with Gasteiger partial charge in [-0.25, -0.2) is 0 Å². The quantitative estimate of drug-likeness (QED) is 0.801. The topological polar surface area (TPSA) is 58.6 Å². The highest BCUT2D eigenvalue weighted by atomic mass is 16.5. The summed E-state index contributed by atoms with van der Waals surface area (Å²) in [5.74, 6) is 1.07. The van der Waals surface area contributed by atoms with Crippen LogP contribution in [0.25, 0.3) is 0 Å². The first-order valence-electron chi connectivity index (χ1n) is 11.0.